The number of hydrogen-bond donors (Lipinski definition) is 1. The Morgan fingerprint density at radius 1 is 1.56 bits per heavy atom. The van der Waals surface area contributed by atoms with Crippen molar-refractivity contribution in [2.75, 3.05) is 4.90 Å². The number of nitrogens with zero attached hydrogens (tertiary/aromatic N) is 1. The highest BCUT2D eigenvalue weighted by Crippen LogP contribution is 2.37. The van der Waals surface area contributed by atoms with Crippen LogP contribution in [0.1, 0.15) is 31.9 Å². The van der Waals surface area contributed by atoms with E-state index in [0.29, 0.717) is 0 Å². The molecule has 1 aliphatic rings. The summed E-state index contributed by atoms with van der Waals surface area (Å²) in [6.07, 6.45) is 0.809. The maximum atomic E-state index is 11.6. The van der Waals surface area contributed by atoms with Gasteiger partial charge in [0, 0.05) is 29.2 Å². The van der Waals surface area contributed by atoms with Crippen molar-refractivity contribution in [3.63, 3.8) is 0 Å². The third-order valence-electron chi connectivity index (χ3n) is 3.02. The molecule has 0 bridgehead atoms. The summed E-state index contributed by atoms with van der Waals surface area (Å²) in [6, 6.07) is 6.08. The summed E-state index contributed by atoms with van der Waals surface area (Å²) >= 11 is 3.43. The highest BCUT2D eigenvalue weighted by Gasteiger charge is 2.30. The zero-order chi connectivity index (χ0) is 11.9. The van der Waals surface area contributed by atoms with Crippen molar-refractivity contribution in [2.45, 2.75) is 32.4 Å². The number of benzene rings is 1. The van der Waals surface area contributed by atoms with E-state index in [4.69, 9.17) is 5.73 Å². The van der Waals surface area contributed by atoms with E-state index < -0.39 is 0 Å². The molecule has 1 heterocycles. The summed E-state index contributed by atoms with van der Waals surface area (Å²) in [4.78, 5) is 13.5. The maximum Gasteiger partial charge on any atom is 0.224 e. The van der Waals surface area contributed by atoms with Crippen LogP contribution < -0.4 is 10.6 Å². The Balaban J connectivity index is 2.54. The number of fused-ring (bicyclic) bond motifs is 1. The summed E-state index contributed by atoms with van der Waals surface area (Å²) in [5, 5.41) is 0. The molecule has 0 radical (unpaired) electrons. The second-order valence-corrected chi connectivity index (χ2v) is 5.20. The van der Waals surface area contributed by atoms with Crippen molar-refractivity contribution >= 4 is 27.5 Å². The van der Waals surface area contributed by atoms with Crippen LogP contribution in [0, 0.1) is 0 Å². The molecule has 2 unspecified atom stereocenters. The summed E-state index contributed by atoms with van der Waals surface area (Å²) in [5.41, 5.74) is 8.10. The monoisotopic (exact) mass is 282 g/mol. The van der Waals surface area contributed by atoms with E-state index in [2.05, 4.69) is 15.9 Å². The largest absolute Gasteiger partial charge is 0.324 e. The molecule has 4 heteroatoms. The fourth-order valence-electron chi connectivity index (χ4n) is 2.36. The number of rotatable bonds is 0. The number of carbonyl (C=O) groups is 1. The third-order valence-corrected chi connectivity index (χ3v) is 3.52. The number of halogens is 1. The molecule has 0 fully saturated rings. The maximum absolute atomic E-state index is 11.6. The summed E-state index contributed by atoms with van der Waals surface area (Å²) < 4.78 is 1.000. The molecular weight excluding hydrogens is 268 g/mol. The van der Waals surface area contributed by atoms with Gasteiger partial charge in [0.25, 0.3) is 0 Å². The number of hydrogen-bond acceptors (Lipinski definition) is 2. The lowest BCUT2D eigenvalue weighted by Crippen LogP contribution is -2.43. The van der Waals surface area contributed by atoms with Gasteiger partial charge in [-0.25, -0.2) is 0 Å². The molecule has 2 N–H and O–H groups in total. The van der Waals surface area contributed by atoms with Gasteiger partial charge in [-0.1, -0.05) is 15.9 Å². The number of nitrogens with two attached hydrogens (primary N) is 1. The highest BCUT2D eigenvalue weighted by atomic mass is 79.9. The van der Waals surface area contributed by atoms with Gasteiger partial charge in [0.15, 0.2) is 0 Å². The van der Waals surface area contributed by atoms with E-state index in [1.54, 1.807) is 6.92 Å². The molecule has 0 aliphatic carbocycles. The van der Waals surface area contributed by atoms with Crippen molar-refractivity contribution in [3.05, 3.63) is 28.2 Å². The second-order valence-electron chi connectivity index (χ2n) is 4.28. The molecule has 1 aromatic rings. The predicted octanol–water partition coefficient (Wildman–Crippen LogP) is 2.59. The lowest BCUT2D eigenvalue weighted by atomic mass is 9.92. The van der Waals surface area contributed by atoms with Gasteiger partial charge >= 0.3 is 0 Å². The minimum Gasteiger partial charge on any atom is -0.324 e. The minimum absolute atomic E-state index is 0.0121. The van der Waals surface area contributed by atoms with Crippen LogP contribution in [0.4, 0.5) is 5.69 Å². The average molecular weight is 283 g/mol. The number of carbonyl (C=O) groups excluding carboxylic acids is 1. The first kappa shape index (κ1) is 11.6. The molecular formula is C12H15BrN2O. The first-order chi connectivity index (χ1) is 7.50. The second kappa shape index (κ2) is 4.18. The quantitative estimate of drug-likeness (QED) is 0.795. The zero-order valence-electron chi connectivity index (χ0n) is 9.40. The number of amides is 1. The SMILES string of the molecule is CC(=O)N1c2ccc(Br)cc2C(N)CC1C. The van der Waals surface area contributed by atoms with Gasteiger partial charge in [-0.2, -0.15) is 0 Å². The predicted molar refractivity (Wildman–Crippen MR) is 68.3 cm³/mol. The van der Waals surface area contributed by atoms with E-state index in [-0.39, 0.29) is 18.0 Å². The van der Waals surface area contributed by atoms with E-state index in [1.165, 1.54) is 0 Å². The van der Waals surface area contributed by atoms with Gasteiger partial charge in [-0.05, 0) is 37.1 Å². The van der Waals surface area contributed by atoms with Crippen molar-refractivity contribution in [1.29, 1.82) is 0 Å². The fourth-order valence-corrected chi connectivity index (χ4v) is 2.74. The van der Waals surface area contributed by atoms with Crippen LogP contribution in [0.15, 0.2) is 22.7 Å². The van der Waals surface area contributed by atoms with E-state index in [0.717, 1.165) is 22.1 Å². The Kier molecular flexibility index (Phi) is 3.04. The van der Waals surface area contributed by atoms with Gasteiger partial charge in [-0.15, -0.1) is 0 Å². The van der Waals surface area contributed by atoms with Crippen LogP contribution in [0.25, 0.3) is 0 Å². The molecule has 0 saturated carbocycles. The highest BCUT2D eigenvalue weighted by molar-refractivity contribution is 9.10. The van der Waals surface area contributed by atoms with E-state index in [9.17, 15) is 4.79 Å². The Morgan fingerprint density at radius 2 is 2.25 bits per heavy atom. The summed E-state index contributed by atoms with van der Waals surface area (Å²) in [7, 11) is 0. The Hall–Kier alpha value is -0.870. The molecule has 1 aliphatic heterocycles. The van der Waals surface area contributed by atoms with Gasteiger partial charge in [0.2, 0.25) is 5.91 Å². The van der Waals surface area contributed by atoms with Crippen LogP contribution in [0.5, 0.6) is 0 Å². The smallest absolute Gasteiger partial charge is 0.224 e. The van der Waals surface area contributed by atoms with Crippen LogP contribution >= 0.6 is 15.9 Å². The van der Waals surface area contributed by atoms with Crippen molar-refractivity contribution in [1.82, 2.24) is 0 Å². The zero-order valence-corrected chi connectivity index (χ0v) is 11.0. The van der Waals surface area contributed by atoms with Gasteiger partial charge in [0.05, 0.1) is 0 Å². The summed E-state index contributed by atoms with van der Waals surface area (Å²) in [5.74, 6) is 0.0722. The van der Waals surface area contributed by atoms with Crippen LogP contribution in [0.3, 0.4) is 0 Å². The Bertz CT molecular complexity index is 433. The fraction of sp³-hybridized carbons (Fsp3) is 0.417. The first-order valence-corrected chi connectivity index (χ1v) is 6.15. The molecule has 2 atom stereocenters. The van der Waals surface area contributed by atoms with E-state index in [1.807, 2.05) is 30.0 Å². The van der Waals surface area contributed by atoms with Crippen LogP contribution in [-0.2, 0) is 4.79 Å². The van der Waals surface area contributed by atoms with Crippen LogP contribution in [0.2, 0.25) is 0 Å². The standard InChI is InChI=1S/C12H15BrN2O/c1-7-5-11(14)10-6-9(13)3-4-12(10)15(7)8(2)16/h3-4,6-7,11H,5,14H2,1-2H3. The third kappa shape index (κ3) is 1.87. The first-order valence-electron chi connectivity index (χ1n) is 5.35. The molecule has 16 heavy (non-hydrogen) atoms. The lowest BCUT2D eigenvalue weighted by Gasteiger charge is -2.37. The molecule has 2 rings (SSSR count). The molecule has 0 saturated heterocycles. The Labute approximate surface area is 104 Å². The van der Waals surface area contributed by atoms with Crippen LogP contribution in [-0.4, -0.2) is 11.9 Å². The number of anilines is 1. The van der Waals surface area contributed by atoms with Crippen molar-refractivity contribution < 1.29 is 4.79 Å². The molecule has 1 amide bonds. The van der Waals surface area contributed by atoms with Gasteiger partial charge in [0.1, 0.15) is 0 Å². The van der Waals surface area contributed by atoms with Gasteiger partial charge in [-0.3, -0.25) is 4.79 Å². The van der Waals surface area contributed by atoms with Crippen molar-refractivity contribution in [2.24, 2.45) is 5.73 Å². The average Bonchev–Trinajstić information content (AvgIpc) is 2.18. The van der Waals surface area contributed by atoms with Crippen molar-refractivity contribution in [3.8, 4) is 0 Å². The minimum atomic E-state index is 0.0121. The molecule has 1 aromatic carbocycles. The Morgan fingerprint density at radius 3 is 2.88 bits per heavy atom. The molecule has 0 aromatic heterocycles. The molecule has 0 spiro atoms. The normalized spacial score (nSPS) is 24.1. The molecule has 3 nitrogen and oxygen atoms in total. The topological polar surface area (TPSA) is 46.3 Å². The molecule has 86 valence electrons. The van der Waals surface area contributed by atoms with E-state index >= 15 is 0 Å². The van der Waals surface area contributed by atoms with Gasteiger partial charge < -0.3 is 10.6 Å². The lowest BCUT2D eigenvalue weighted by molar-refractivity contribution is -0.117. The summed E-state index contributed by atoms with van der Waals surface area (Å²) in [6.45, 7) is 3.63.